The Kier molecular flexibility index (Phi) is 3.57. The summed E-state index contributed by atoms with van der Waals surface area (Å²) in [6.07, 6.45) is 0. The smallest absolute Gasteiger partial charge is 0.235 e. The van der Waals surface area contributed by atoms with E-state index in [-0.39, 0.29) is 0 Å². The van der Waals surface area contributed by atoms with Crippen molar-refractivity contribution in [3.63, 3.8) is 0 Å². The van der Waals surface area contributed by atoms with Crippen LogP contribution in [0.25, 0.3) is 0 Å². The molecule has 0 amide bonds. The predicted octanol–water partition coefficient (Wildman–Crippen LogP) is 1.88. The summed E-state index contributed by atoms with van der Waals surface area (Å²) in [6.45, 7) is 3.29. The Morgan fingerprint density at radius 2 is 1.53 bits per heavy atom. The van der Waals surface area contributed by atoms with E-state index in [1.165, 1.54) is 0 Å². The van der Waals surface area contributed by atoms with Gasteiger partial charge >= 0.3 is 0 Å². The first-order chi connectivity index (χ1) is 6.95. The molecule has 1 aromatic carbocycles. The Bertz CT molecular complexity index is 410. The lowest BCUT2D eigenvalue weighted by Gasteiger charge is -2.10. The van der Waals surface area contributed by atoms with Crippen LogP contribution in [0.1, 0.15) is 13.8 Å². The van der Waals surface area contributed by atoms with Gasteiger partial charge in [0.25, 0.3) is 0 Å². The molecule has 0 aliphatic heterocycles. The molecule has 0 unspecified atom stereocenters. The lowest BCUT2D eigenvalue weighted by atomic mass is 10.3. The SMILES string of the molecule is CNc1ccc(NS(=O)(=O)C(C)C)cc1. The standard InChI is InChI=1S/C10H16N2O2S/c1-8(2)15(13,14)12-10-6-4-9(11-3)5-7-10/h4-8,11-12H,1-3H3. The normalized spacial score (nSPS) is 11.5. The lowest BCUT2D eigenvalue weighted by molar-refractivity contribution is 0.593. The molecule has 0 aromatic heterocycles. The average molecular weight is 228 g/mol. The van der Waals surface area contributed by atoms with Gasteiger partial charge in [-0.15, -0.1) is 0 Å². The molecule has 0 saturated heterocycles. The van der Waals surface area contributed by atoms with E-state index in [4.69, 9.17) is 0 Å². The Morgan fingerprint density at radius 1 is 1.07 bits per heavy atom. The fourth-order valence-corrected chi connectivity index (χ4v) is 1.69. The maximum atomic E-state index is 11.5. The second-order valence-electron chi connectivity index (χ2n) is 3.52. The van der Waals surface area contributed by atoms with Crippen molar-refractivity contribution >= 4 is 21.4 Å². The Hall–Kier alpha value is -1.23. The van der Waals surface area contributed by atoms with Crippen LogP contribution in [0.4, 0.5) is 11.4 Å². The summed E-state index contributed by atoms with van der Waals surface area (Å²) in [5, 5.41) is 2.53. The third-order valence-electron chi connectivity index (χ3n) is 2.05. The zero-order valence-electron chi connectivity index (χ0n) is 9.11. The van der Waals surface area contributed by atoms with Crippen molar-refractivity contribution in [2.24, 2.45) is 0 Å². The van der Waals surface area contributed by atoms with Crippen LogP contribution in [0.3, 0.4) is 0 Å². The summed E-state index contributed by atoms with van der Waals surface area (Å²) in [4.78, 5) is 0. The van der Waals surface area contributed by atoms with Crippen molar-refractivity contribution in [1.29, 1.82) is 0 Å². The highest BCUT2D eigenvalue weighted by Crippen LogP contribution is 2.15. The van der Waals surface area contributed by atoms with Crippen LogP contribution in [-0.4, -0.2) is 20.7 Å². The van der Waals surface area contributed by atoms with Crippen LogP contribution < -0.4 is 10.0 Å². The minimum absolute atomic E-state index is 0.429. The maximum Gasteiger partial charge on any atom is 0.235 e. The van der Waals surface area contributed by atoms with Crippen molar-refractivity contribution in [2.75, 3.05) is 17.1 Å². The van der Waals surface area contributed by atoms with Crippen molar-refractivity contribution < 1.29 is 8.42 Å². The molecule has 0 fully saturated rings. The van der Waals surface area contributed by atoms with Gasteiger partial charge in [-0.3, -0.25) is 4.72 Å². The van der Waals surface area contributed by atoms with Crippen LogP contribution in [0.15, 0.2) is 24.3 Å². The zero-order chi connectivity index (χ0) is 11.5. The summed E-state index contributed by atoms with van der Waals surface area (Å²) < 4.78 is 25.6. The van der Waals surface area contributed by atoms with E-state index in [0.29, 0.717) is 5.69 Å². The van der Waals surface area contributed by atoms with Gasteiger partial charge in [-0.05, 0) is 38.1 Å². The number of nitrogens with one attached hydrogen (secondary N) is 2. The highest BCUT2D eigenvalue weighted by atomic mass is 32.2. The van der Waals surface area contributed by atoms with Crippen LogP contribution in [0, 0.1) is 0 Å². The number of hydrogen-bond donors (Lipinski definition) is 2. The van der Waals surface area contributed by atoms with Gasteiger partial charge < -0.3 is 5.32 Å². The van der Waals surface area contributed by atoms with Gasteiger partial charge in [0.1, 0.15) is 0 Å². The number of rotatable bonds is 4. The Morgan fingerprint density at radius 3 is 1.93 bits per heavy atom. The monoisotopic (exact) mass is 228 g/mol. The summed E-state index contributed by atoms with van der Waals surface area (Å²) in [5.41, 5.74) is 1.53. The highest BCUT2D eigenvalue weighted by Gasteiger charge is 2.14. The van der Waals surface area contributed by atoms with E-state index < -0.39 is 15.3 Å². The first-order valence-electron chi connectivity index (χ1n) is 4.75. The number of hydrogen-bond acceptors (Lipinski definition) is 3. The average Bonchev–Trinajstić information content (AvgIpc) is 2.18. The second-order valence-corrected chi connectivity index (χ2v) is 5.76. The van der Waals surface area contributed by atoms with E-state index in [1.54, 1.807) is 26.0 Å². The number of anilines is 2. The lowest BCUT2D eigenvalue weighted by Crippen LogP contribution is -2.22. The van der Waals surface area contributed by atoms with Crippen LogP contribution in [0.2, 0.25) is 0 Å². The largest absolute Gasteiger partial charge is 0.388 e. The zero-order valence-corrected chi connectivity index (χ0v) is 9.93. The molecule has 2 N–H and O–H groups in total. The molecular formula is C10H16N2O2S. The van der Waals surface area contributed by atoms with Gasteiger partial charge in [-0.25, -0.2) is 8.42 Å². The summed E-state index contributed by atoms with van der Waals surface area (Å²) >= 11 is 0. The molecule has 15 heavy (non-hydrogen) atoms. The molecule has 0 bridgehead atoms. The molecule has 84 valence electrons. The van der Waals surface area contributed by atoms with E-state index in [1.807, 2.05) is 19.2 Å². The van der Waals surface area contributed by atoms with Crippen molar-refractivity contribution in [2.45, 2.75) is 19.1 Å². The first-order valence-corrected chi connectivity index (χ1v) is 6.30. The summed E-state index contributed by atoms with van der Waals surface area (Å²) in [6, 6.07) is 7.09. The van der Waals surface area contributed by atoms with Crippen molar-refractivity contribution in [1.82, 2.24) is 0 Å². The molecule has 4 nitrogen and oxygen atoms in total. The van der Waals surface area contributed by atoms with E-state index >= 15 is 0 Å². The Balaban J connectivity index is 2.82. The maximum absolute atomic E-state index is 11.5. The fourth-order valence-electron chi connectivity index (χ4n) is 0.987. The van der Waals surface area contributed by atoms with E-state index in [2.05, 4.69) is 10.0 Å². The van der Waals surface area contributed by atoms with E-state index in [9.17, 15) is 8.42 Å². The van der Waals surface area contributed by atoms with Crippen molar-refractivity contribution in [3.8, 4) is 0 Å². The van der Waals surface area contributed by atoms with Crippen LogP contribution in [-0.2, 0) is 10.0 Å². The molecule has 0 saturated carbocycles. The predicted molar refractivity (Wildman–Crippen MR) is 63.7 cm³/mol. The third-order valence-corrected chi connectivity index (χ3v) is 3.82. The van der Waals surface area contributed by atoms with Crippen molar-refractivity contribution in [3.05, 3.63) is 24.3 Å². The number of sulfonamides is 1. The molecule has 0 aliphatic rings. The summed E-state index contributed by atoms with van der Waals surface area (Å²) in [7, 11) is -1.43. The quantitative estimate of drug-likeness (QED) is 0.827. The van der Waals surface area contributed by atoms with Gasteiger partial charge in [0.05, 0.1) is 5.25 Å². The molecule has 0 spiro atoms. The van der Waals surface area contributed by atoms with Gasteiger partial charge in [-0.1, -0.05) is 0 Å². The van der Waals surface area contributed by atoms with Gasteiger partial charge in [0.2, 0.25) is 10.0 Å². The third kappa shape index (κ3) is 3.13. The molecule has 0 heterocycles. The molecule has 0 atom stereocenters. The number of benzene rings is 1. The molecule has 0 aliphatic carbocycles. The Labute approximate surface area is 90.8 Å². The van der Waals surface area contributed by atoms with E-state index in [0.717, 1.165) is 5.69 Å². The molecule has 0 radical (unpaired) electrons. The molecule has 1 aromatic rings. The van der Waals surface area contributed by atoms with Gasteiger partial charge in [0.15, 0.2) is 0 Å². The molecule has 5 heteroatoms. The minimum atomic E-state index is -3.24. The summed E-state index contributed by atoms with van der Waals surface area (Å²) in [5.74, 6) is 0. The second kappa shape index (κ2) is 4.53. The minimum Gasteiger partial charge on any atom is -0.388 e. The topological polar surface area (TPSA) is 58.2 Å². The molecule has 1 rings (SSSR count). The fraction of sp³-hybridized carbons (Fsp3) is 0.400. The van der Waals surface area contributed by atoms with Crippen LogP contribution >= 0.6 is 0 Å². The van der Waals surface area contributed by atoms with Crippen LogP contribution in [0.5, 0.6) is 0 Å². The first kappa shape index (κ1) is 11.8. The van der Waals surface area contributed by atoms with Gasteiger partial charge in [0, 0.05) is 18.4 Å². The molecular weight excluding hydrogens is 212 g/mol. The highest BCUT2D eigenvalue weighted by molar-refractivity contribution is 7.93. The van der Waals surface area contributed by atoms with Gasteiger partial charge in [-0.2, -0.15) is 0 Å².